The predicted molar refractivity (Wildman–Crippen MR) is 78.9 cm³/mol. The van der Waals surface area contributed by atoms with Crippen molar-refractivity contribution >= 4 is 11.8 Å². The number of hydrogen-bond donors (Lipinski definition) is 0. The van der Waals surface area contributed by atoms with Gasteiger partial charge in [0.25, 0.3) is 0 Å². The fourth-order valence-electron chi connectivity index (χ4n) is 1.82. The second-order valence-electron chi connectivity index (χ2n) is 4.65. The molecular weight excluding hydrogens is 212 g/mol. The molecule has 0 aromatic rings. The van der Waals surface area contributed by atoms with Crippen molar-refractivity contribution in [3.05, 3.63) is 5.75 Å². The Labute approximate surface area is 108 Å². The first-order valence-corrected chi connectivity index (χ1v) is 8.40. The molecule has 0 amide bonds. The van der Waals surface area contributed by atoms with Crippen LogP contribution in [-0.4, -0.2) is 5.75 Å². The van der Waals surface area contributed by atoms with Gasteiger partial charge in [-0.1, -0.05) is 71.6 Å². The van der Waals surface area contributed by atoms with Crippen LogP contribution >= 0.6 is 11.8 Å². The molecule has 97 valence electrons. The van der Waals surface area contributed by atoms with Gasteiger partial charge in [-0.05, 0) is 18.6 Å². The summed E-state index contributed by atoms with van der Waals surface area (Å²) in [5, 5.41) is 0. The summed E-state index contributed by atoms with van der Waals surface area (Å²) in [5.41, 5.74) is 0. The van der Waals surface area contributed by atoms with Crippen molar-refractivity contribution in [2.45, 2.75) is 84.5 Å². The highest BCUT2D eigenvalue weighted by atomic mass is 32.2. The first-order valence-electron chi connectivity index (χ1n) is 7.35. The molecule has 1 heteroatoms. The maximum atomic E-state index is 2.41. The predicted octanol–water partition coefficient (Wildman–Crippen LogP) is 6.21. The normalized spacial score (nSPS) is 10.9. The van der Waals surface area contributed by atoms with E-state index in [-0.39, 0.29) is 0 Å². The Morgan fingerprint density at radius 2 is 1.25 bits per heavy atom. The number of thioether (sulfide) groups is 1. The van der Waals surface area contributed by atoms with Crippen molar-refractivity contribution in [3.8, 4) is 0 Å². The first-order chi connectivity index (χ1) is 7.91. The van der Waals surface area contributed by atoms with Crippen molar-refractivity contribution < 1.29 is 0 Å². The van der Waals surface area contributed by atoms with Crippen molar-refractivity contribution in [1.29, 1.82) is 0 Å². The fraction of sp³-hybridized carbons (Fsp3) is 0.933. The molecule has 0 aromatic heterocycles. The molecule has 0 atom stereocenters. The quantitative estimate of drug-likeness (QED) is 0.346. The van der Waals surface area contributed by atoms with Gasteiger partial charge in [-0.15, -0.1) is 0 Å². The molecule has 0 aliphatic heterocycles. The van der Waals surface area contributed by atoms with Gasteiger partial charge >= 0.3 is 0 Å². The molecular formula is C15H31S. The summed E-state index contributed by atoms with van der Waals surface area (Å²) in [6.45, 7) is 4.53. The Morgan fingerprint density at radius 3 is 1.81 bits per heavy atom. The highest BCUT2D eigenvalue weighted by molar-refractivity contribution is 8.01. The lowest BCUT2D eigenvalue weighted by atomic mass is 10.1. The van der Waals surface area contributed by atoms with Crippen LogP contribution in [-0.2, 0) is 0 Å². The van der Waals surface area contributed by atoms with E-state index in [4.69, 9.17) is 0 Å². The lowest BCUT2D eigenvalue weighted by Crippen LogP contribution is -1.82. The lowest BCUT2D eigenvalue weighted by molar-refractivity contribution is 0.565. The van der Waals surface area contributed by atoms with Gasteiger partial charge < -0.3 is 0 Å². The van der Waals surface area contributed by atoms with Gasteiger partial charge in [-0.25, -0.2) is 0 Å². The third-order valence-corrected chi connectivity index (χ3v) is 3.98. The molecule has 0 N–H and O–H groups in total. The van der Waals surface area contributed by atoms with Crippen LogP contribution in [0, 0.1) is 5.75 Å². The largest absolute Gasteiger partial charge is 0.157 e. The van der Waals surface area contributed by atoms with Crippen LogP contribution in [0.25, 0.3) is 0 Å². The minimum Gasteiger partial charge on any atom is -0.157 e. The van der Waals surface area contributed by atoms with E-state index in [2.05, 4.69) is 19.6 Å². The molecule has 0 spiro atoms. The van der Waals surface area contributed by atoms with Crippen LogP contribution in [0.4, 0.5) is 0 Å². The highest BCUT2D eigenvalue weighted by Crippen LogP contribution is 2.15. The molecule has 0 nitrogen and oxygen atoms in total. The van der Waals surface area contributed by atoms with E-state index in [1.165, 1.54) is 76.4 Å². The van der Waals surface area contributed by atoms with Crippen molar-refractivity contribution in [3.63, 3.8) is 0 Å². The number of hydrogen-bond acceptors (Lipinski definition) is 1. The molecule has 0 aliphatic carbocycles. The average Bonchev–Trinajstić information content (AvgIpc) is 2.31. The van der Waals surface area contributed by atoms with E-state index in [0.717, 1.165) is 0 Å². The molecule has 0 unspecified atom stereocenters. The molecule has 1 radical (unpaired) electrons. The van der Waals surface area contributed by atoms with Gasteiger partial charge in [0.1, 0.15) is 0 Å². The zero-order valence-corrected chi connectivity index (χ0v) is 12.3. The van der Waals surface area contributed by atoms with E-state index >= 15 is 0 Å². The van der Waals surface area contributed by atoms with Gasteiger partial charge in [0.05, 0.1) is 0 Å². The maximum absolute atomic E-state index is 2.41. The van der Waals surface area contributed by atoms with E-state index in [9.17, 15) is 0 Å². The zero-order valence-electron chi connectivity index (χ0n) is 11.5. The molecule has 16 heavy (non-hydrogen) atoms. The molecule has 0 saturated heterocycles. The number of unbranched alkanes of at least 4 members (excludes halogenated alkanes) is 9. The van der Waals surface area contributed by atoms with Crippen molar-refractivity contribution in [2.75, 3.05) is 5.75 Å². The van der Waals surface area contributed by atoms with Crippen LogP contribution in [0.5, 0.6) is 0 Å². The second kappa shape index (κ2) is 15.4. The van der Waals surface area contributed by atoms with Crippen LogP contribution in [0.3, 0.4) is 0 Å². The van der Waals surface area contributed by atoms with Crippen LogP contribution in [0.15, 0.2) is 0 Å². The zero-order chi connectivity index (χ0) is 11.9. The van der Waals surface area contributed by atoms with Crippen LogP contribution < -0.4 is 0 Å². The Balaban J connectivity index is 2.83. The molecule has 0 aromatic carbocycles. The van der Waals surface area contributed by atoms with Gasteiger partial charge in [0, 0.05) is 5.75 Å². The monoisotopic (exact) mass is 243 g/mol. The standard InChI is InChI=1S/C15H31S/c1-3-5-6-7-8-9-10-11-12-13-15-16-14-4-2/h15H,3-14H2,1-2H3. The SMILES string of the molecule is CCCCCCCCCCC[CH]SCCC. The van der Waals surface area contributed by atoms with Crippen molar-refractivity contribution in [2.24, 2.45) is 0 Å². The summed E-state index contributed by atoms with van der Waals surface area (Å²) in [4.78, 5) is 0. The van der Waals surface area contributed by atoms with Crippen molar-refractivity contribution in [1.82, 2.24) is 0 Å². The third-order valence-electron chi connectivity index (χ3n) is 2.87. The summed E-state index contributed by atoms with van der Waals surface area (Å²) in [7, 11) is 0. The molecule has 0 saturated carbocycles. The van der Waals surface area contributed by atoms with E-state index < -0.39 is 0 Å². The molecule has 0 bridgehead atoms. The summed E-state index contributed by atoms with van der Waals surface area (Å²) in [6, 6.07) is 0. The minimum atomic E-state index is 1.30. The Bertz CT molecular complexity index is 98.0. The molecule has 0 rings (SSSR count). The van der Waals surface area contributed by atoms with Crippen LogP contribution in [0.1, 0.15) is 84.5 Å². The Kier molecular flexibility index (Phi) is 15.7. The summed E-state index contributed by atoms with van der Waals surface area (Å²) in [6.07, 6.45) is 15.6. The van der Waals surface area contributed by atoms with E-state index in [1.807, 2.05) is 11.8 Å². The molecule has 0 aliphatic rings. The summed E-state index contributed by atoms with van der Waals surface area (Å²) in [5.74, 6) is 3.71. The first kappa shape index (κ1) is 16.4. The summed E-state index contributed by atoms with van der Waals surface area (Å²) < 4.78 is 0. The maximum Gasteiger partial charge on any atom is 0.0166 e. The highest BCUT2D eigenvalue weighted by Gasteiger charge is 1.93. The second-order valence-corrected chi connectivity index (χ2v) is 5.73. The fourth-order valence-corrected chi connectivity index (χ4v) is 2.56. The molecule has 0 fully saturated rings. The lowest BCUT2D eigenvalue weighted by Gasteiger charge is -2.02. The van der Waals surface area contributed by atoms with Gasteiger partial charge in [-0.2, -0.15) is 11.8 Å². The van der Waals surface area contributed by atoms with Gasteiger partial charge in [0.2, 0.25) is 0 Å². The smallest absolute Gasteiger partial charge is 0.0166 e. The van der Waals surface area contributed by atoms with Crippen LogP contribution in [0.2, 0.25) is 0 Å². The molecule has 0 heterocycles. The Hall–Kier alpha value is 0.350. The Morgan fingerprint density at radius 1 is 0.688 bits per heavy atom. The third kappa shape index (κ3) is 14.4. The topological polar surface area (TPSA) is 0 Å². The average molecular weight is 243 g/mol. The van der Waals surface area contributed by atoms with Gasteiger partial charge in [0.15, 0.2) is 0 Å². The van der Waals surface area contributed by atoms with Gasteiger partial charge in [-0.3, -0.25) is 0 Å². The minimum absolute atomic E-state index is 1.30. The summed E-state index contributed by atoms with van der Waals surface area (Å²) >= 11 is 2.01. The van der Waals surface area contributed by atoms with E-state index in [1.54, 1.807) is 0 Å². The van der Waals surface area contributed by atoms with E-state index in [0.29, 0.717) is 0 Å². The number of rotatable bonds is 13.